The Balaban J connectivity index is 1.13. The van der Waals surface area contributed by atoms with Crippen LogP contribution in [0.3, 0.4) is 0 Å². The van der Waals surface area contributed by atoms with Crippen LogP contribution in [0.1, 0.15) is 0 Å². The minimum atomic E-state index is 0.859. The Kier molecular flexibility index (Phi) is 8.04. The highest BCUT2D eigenvalue weighted by Crippen LogP contribution is 2.49. The van der Waals surface area contributed by atoms with E-state index >= 15 is 0 Å². The highest BCUT2D eigenvalue weighted by atomic mass is 32.1. The zero-order chi connectivity index (χ0) is 37.7. The molecule has 0 fully saturated rings. The topological polar surface area (TPSA) is 16.4 Å². The Morgan fingerprint density at radius 2 is 0.912 bits per heavy atom. The van der Waals surface area contributed by atoms with Gasteiger partial charge in [-0.15, -0.1) is 11.3 Å². The van der Waals surface area contributed by atoms with E-state index in [1.54, 1.807) is 0 Å². The smallest absolute Gasteiger partial charge is 0.137 e. The van der Waals surface area contributed by atoms with Gasteiger partial charge in [0.1, 0.15) is 11.2 Å². The van der Waals surface area contributed by atoms with Crippen molar-refractivity contribution >= 4 is 70.5 Å². The molecule has 0 aliphatic carbocycles. The van der Waals surface area contributed by atoms with Gasteiger partial charge in [0.25, 0.3) is 0 Å². The average molecular weight is 746 g/mol. The van der Waals surface area contributed by atoms with Gasteiger partial charge in [-0.2, -0.15) is 0 Å². The number of thiophene rings is 1. The zero-order valence-corrected chi connectivity index (χ0v) is 31.8. The summed E-state index contributed by atoms with van der Waals surface area (Å²) >= 11 is 1.86. The summed E-state index contributed by atoms with van der Waals surface area (Å²) < 4.78 is 9.13. The third-order valence-corrected chi connectivity index (χ3v) is 12.2. The third kappa shape index (κ3) is 5.80. The maximum atomic E-state index is 6.51. The van der Waals surface area contributed by atoms with Gasteiger partial charge in [0, 0.05) is 53.9 Å². The molecule has 3 heteroatoms. The van der Waals surface area contributed by atoms with Gasteiger partial charge in [0.2, 0.25) is 0 Å². The van der Waals surface area contributed by atoms with Crippen molar-refractivity contribution in [2.24, 2.45) is 0 Å². The molecule has 2 aromatic heterocycles. The molecule has 11 aromatic rings. The molecule has 0 radical (unpaired) electrons. The molecule has 268 valence electrons. The Morgan fingerprint density at radius 3 is 1.72 bits per heavy atom. The second kappa shape index (κ2) is 13.8. The van der Waals surface area contributed by atoms with Crippen LogP contribution in [0.5, 0.6) is 0 Å². The molecule has 0 saturated heterocycles. The van der Waals surface area contributed by atoms with Crippen molar-refractivity contribution in [2.75, 3.05) is 4.90 Å². The monoisotopic (exact) mass is 745 g/mol. The quantitative estimate of drug-likeness (QED) is 0.162. The van der Waals surface area contributed by atoms with Crippen molar-refractivity contribution in [3.63, 3.8) is 0 Å². The molecule has 0 atom stereocenters. The van der Waals surface area contributed by atoms with Crippen LogP contribution in [0, 0.1) is 0 Å². The lowest BCUT2D eigenvalue weighted by Crippen LogP contribution is -2.12. The van der Waals surface area contributed by atoms with E-state index in [4.69, 9.17) is 4.42 Å². The number of fused-ring (bicyclic) bond motifs is 6. The molecular formula is C54H35NOS. The largest absolute Gasteiger partial charge is 0.456 e. The predicted octanol–water partition coefficient (Wildman–Crippen LogP) is 16.1. The number of hydrogen-bond acceptors (Lipinski definition) is 3. The molecule has 2 nitrogen and oxygen atoms in total. The maximum Gasteiger partial charge on any atom is 0.137 e. The second-order valence-electron chi connectivity index (χ2n) is 14.4. The molecule has 11 rings (SSSR count). The van der Waals surface area contributed by atoms with Crippen LogP contribution in [0.4, 0.5) is 17.1 Å². The molecule has 0 unspecified atom stereocenters. The lowest BCUT2D eigenvalue weighted by atomic mass is 9.87. The number of furan rings is 1. The van der Waals surface area contributed by atoms with Crippen LogP contribution in [-0.4, -0.2) is 0 Å². The van der Waals surface area contributed by atoms with Crippen molar-refractivity contribution in [1.29, 1.82) is 0 Å². The van der Waals surface area contributed by atoms with Crippen LogP contribution in [0.15, 0.2) is 217 Å². The van der Waals surface area contributed by atoms with Gasteiger partial charge in [-0.25, -0.2) is 0 Å². The molecule has 0 saturated carbocycles. The van der Waals surface area contributed by atoms with Gasteiger partial charge in [0.05, 0.1) is 5.69 Å². The van der Waals surface area contributed by atoms with Gasteiger partial charge in [-0.3, -0.25) is 0 Å². The molecular weight excluding hydrogens is 711 g/mol. The summed E-state index contributed by atoms with van der Waals surface area (Å²) in [6, 6.07) is 76.5. The van der Waals surface area contributed by atoms with Crippen molar-refractivity contribution in [1.82, 2.24) is 0 Å². The first-order valence-electron chi connectivity index (χ1n) is 19.3. The first-order valence-corrected chi connectivity index (χ1v) is 20.1. The molecule has 0 bridgehead atoms. The molecule has 9 aromatic carbocycles. The molecule has 0 aliphatic rings. The molecule has 57 heavy (non-hydrogen) atoms. The summed E-state index contributed by atoms with van der Waals surface area (Å²) in [5.74, 6) is 0. The summed E-state index contributed by atoms with van der Waals surface area (Å²) in [4.78, 5) is 2.40. The lowest BCUT2D eigenvalue weighted by Gasteiger charge is -2.30. The van der Waals surface area contributed by atoms with E-state index in [1.807, 2.05) is 23.5 Å². The summed E-state index contributed by atoms with van der Waals surface area (Å²) in [6.45, 7) is 0. The minimum absolute atomic E-state index is 0.859. The van der Waals surface area contributed by atoms with E-state index < -0.39 is 0 Å². The van der Waals surface area contributed by atoms with Gasteiger partial charge in [0.15, 0.2) is 0 Å². The fourth-order valence-electron chi connectivity index (χ4n) is 8.43. The van der Waals surface area contributed by atoms with Crippen LogP contribution < -0.4 is 4.90 Å². The first-order chi connectivity index (χ1) is 28.3. The van der Waals surface area contributed by atoms with Gasteiger partial charge >= 0.3 is 0 Å². The molecule has 0 spiro atoms. The average Bonchev–Trinajstić information content (AvgIpc) is 3.85. The molecule has 0 N–H and O–H groups in total. The van der Waals surface area contributed by atoms with Crippen LogP contribution in [-0.2, 0) is 0 Å². The standard InChI is InChI=1S/C54H35NOS/c1-3-14-37(15-4-1)42-18-7-8-21-48(42)54-43(38-16-5-2-6-17-38)22-13-23-49(54)55(41-31-33-45-44-19-9-11-24-50(44)56-51(45)35-41)40-29-26-36(27-30-40)39-28-32-47-46-20-10-12-25-52(46)57-53(47)34-39/h1-35H. The zero-order valence-electron chi connectivity index (χ0n) is 31.0. The normalized spacial score (nSPS) is 11.5. The second-order valence-corrected chi connectivity index (χ2v) is 15.5. The number of rotatable bonds is 7. The van der Waals surface area contributed by atoms with Crippen molar-refractivity contribution in [3.05, 3.63) is 212 Å². The van der Waals surface area contributed by atoms with Gasteiger partial charge < -0.3 is 9.32 Å². The van der Waals surface area contributed by atoms with E-state index in [0.717, 1.165) is 50.1 Å². The minimum Gasteiger partial charge on any atom is -0.456 e. The van der Waals surface area contributed by atoms with Crippen LogP contribution in [0.25, 0.3) is 86.6 Å². The summed E-state index contributed by atoms with van der Waals surface area (Å²) in [6.07, 6.45) is 0. The number of hydrogen-bond donors (Lipinski definition) is 0. The highest BCUT2D eigenvalue weighted by molar-refractivity contribution is 7.25. The fraction of sp³-hybridized carbons (Fsp3) is 0. The fourth-order valence-corrected chi connectivity index (χ4v) is 9.57. The van der Waals surface area contributed by atoms with E-state index in [9.17, 15) is 0 Å². The van der Waals surface area contributed by atoms with Crippen LogP contribution in [0.2, 0.25) is 0 Å². The Bertz CT molecular complexity index is 3230. The van der Waals surface area contributed by atoms with Gasteiger partial charge in [-0.1, -0.05) is 158 Å². The van der Waals surface area contributed by atoms with Crippen molar-refractivity contribution in [2.45, 2.75) is 0 Å². The summed E-state index contributed by atoms with van der Waals surface area (Å²) in [7, 11) is 0. The van der Waals surface area contributed by atoms with Crippen molar-refractivity contribution < 1.29 is 4.42 Å². The summed E-state index contributed by atoms with van der Waals surface area (Å²) in [5.41, 5.74) is 14.3. The highest BCUT2D eigenvalue weighted by Gasteiger charge is 2.23. The summed E-state index contributed by atoms with van der Waals surface area (Å²) in [5, 5.41) is 4.85. The molecule has 0 amide bonds. The van der Waals surface area contributed by atoms with E-state index in [0.29, 0.717) is 0 Å². The molecule has 2 heterocycles. The SMILES string of the molecule is c1ccc(-c2ccccc2-c2c(-c3ccccc3)cccc2N(c2ccc(-c3ccc4c(c3)sc3ccccc34)cc2)c2ccc3c(c2)oc2ccccc23)cc1. The van der Waals surface area contributed by atoms with E-state index in [2.05, 4.69) is 205 Å². The van der Waals surface area contributed by atoms with E-state index in [-0.39, 0.29) is 0 Å². The third-order valence-electron chi connectivity index (χ3n) is 11.1. The Morgan fingerprint density at radius 1 is 0.333 bits per heavy atom. The lowest BCUT2D eigenvalue weighted by molar-refractivity contribution is 0.669. The predicted molar refractivity (Wildman–Crippen MR) is 243 cm³/mol. The van der Waals surface area contributed by atoms with Crippen molar-refractivity contribution in [3.8, 4) is 44.5 Å². The number of benzene rings is 9. The van der Waals surface area contributed by atoms with E-state index in [1.165, 1.54) is 53.6 Å². The Hall–Kier alpha value is -7.20. The number of nitrogens with zero attached hydrogens (tertiary/aromatic N) is 1. The van der Waals surface area contributed by atoms with Crippen LogP contribution >= 0.6 is 11.3 Å². The number of anilines is 3. The first kappa shape index (κ1) is 33.2. The number of para-hydroxylation sites is 1. The maximum absolute atomic E-state index is 6.51. The van der Waals surface area contributed by atoms with Gasteiger partial charge in [-0.05, 0) is 87.5 Å². The Labute approximate surface area is 335 Å². The molecule has 0 aliphatic heterocycles.